The first-order valence-corrected chi connectivity index (χ1v) is 30.5. The van der Waals surface area contributed by atoms with E-state index in [1.54, 1.807) is 12.7 Å². The number of benzene rings is 7. The Morgan fingerprint density at radius 3 is 1.14 bits per heavy atom. The van der Waals surface area contributed by atoms with E-state index in [4.69, 9.17) is 39.4 Å². The Morgan fingerprint density at radius 2 is 0.761 bits per heavy atom. The lowest BCUT2D eigenvalue weighted by Gasteiger charge is -2.41. The third-order valence-corrected chi connectivity index (χ3v) is 19.4. The standard InChI is InChI=1S/C74H62B2N10O2/c1-71(2)41-73(5,6)53-33-49(29-31-51(53)71)85-57-36-63(83(45-21-13-9-14-22-45)46-23-15-10-16-24-46)81-69-65(57)75(67-59(85)39-77-43-79-67)55-35-56-62(38-61(55)87-69)88-70-66-58(37-64(82-70)84(47-25-17-11-18-26-47)48-27-19-12-20-28-48)86(60-40-78-44-80-68(60)76(56)66)50-30-32-52-54(34-50)74(7,8)42-72(52,3)4/h9-40,43-44H,41-42H2,1-8H3. The number of para-hydroxylation sites is 4. The predicted octanol–water partition coefficient (Wildman–Crippen LogP) is 13.7. The van der Waals surface area contributed by atoms with Crippen molar-refractivity contribution in [3.05, 3.63) is 229 Å². The van der Waals surface area contributed by atoms with Crippen LogP contribution in [0.4, 0.5) is 68.5 Å². The first-order chi connectivity index (χ1) is 42.6. The number of pyridine rings is 2. The van der Waals surface area contributed by atoms with Gasteiger partial charge in [-0.1, -0.05) is 146 Å². The molecule has 0 spiro atoms. The zero-order valence-corrected chi connectivity index (χ0v) is 50.5. The highest BCUT2D eigenvalue weighted by Gasteiger charge is 2.51. The van der Waals surface area contributed by atoms with Gasteiger partial charge in [-0.3, -0.25) is 9.80 Å². The van der Waals surface area contributed by atoms with Crippen LogP contribution in [0.1, 0.15) is 90.5 Å². The molecule has 0 N–H and O–H groups in total. The van der Waals surface area contributed by atoms with Crippen molar-refractivity contribution in [3.8, 4) is 23.3 Å². The van der Waals surface area contributed by atoms with Gasteiger partial charge in [0.25, 0.3) is 13.4 Å². The van der Waals surface area contributed by atoms with Gasteiger partial charge in [0, 0.05) is 74.4 Å². The Bertz CT molecular complexity index is 4330. The molecule has 0 radical (unpaired) electrons. The third kappa shape index (κ3) is 7.79. The number of nitrogens with zero attached hydrogens (tertiary/aromatic N) is 10. The fourth-order valence-corrected chi connectivity index (χ4v) is 16.3. The SMILES string of the molecule is CC1(C)CC(C)(C)c2cc(N3c4cncnc4B4c5cc6c(cc5Oc5nc(N(c7ccccc7)c7ccccc7)cc3c54)Oc3nc(N(c4ccccc4)c4ccccc4)cc4c3B6c3ncncc3N4c3ccc4c(c3)C(C)(C)CC4(C)C)ccc21. The lowest BCUT2D eigenvalue weighted by Crippen LogP contribution is -2.64. The summed E-state index contributed by atoms with van der Waals surface area (Å²) in [4.78, 5) is 40.5. The molecule has 6 aliphatic rings. The average molecular weight is 1150 g/mol. The molecule has 12 nitrogen and oxygen atoms in total. The second-order valence-electron chi connectivity index (χ2n) is 27.1. The summed E-state index contributed by atoms with van der Waals surface area (Å²) in [6, 6.07) is 64.5. The maximum absolute atomic E-state index is 7.42. The van der Waals surface area contributed by atoms with E-state index in [1.165, 1.54) is 22.3 Å². The number of hydrogen-bond acceptors (Lipinski definition) is 12. The first kappa shape index (κ1) is 52.3. The van der Waals surface area contributed by atoms with Crippen molar-refractivity contribution in [3.63, 3.8) is 0 Å². The van der Waals surface area contributed by atoms with Gasteiger partial charge in [-0.2, -0.15) is 9.97 Å². The minimum atomic E-state index is -0.433. The van der Waals surface area contributed by atoms with Crippen LogP contribution in [0.25, 0.3) is 0 Å². The normalized spacial score (nSPS) is 16.5. The largest absolute Gasteiger partial charge is 0.440 e. The second-order valence-corrected chi connectivity index (χ2v) is 27.1. The highest BCUT2D eigenvalue weighted by molar-refractivity contribution is 7.01. The van der Waals surface area contributed by atoms with E-state index in [1.807, 2.05) is 42.7 Å². The maximum Gasteiger partial charge on any atom is 0.281 e. The lowest BCUT2D eigenvalue weighted by atomic mass is 9.32. The van der Waals surface area contributed by atoms with Gasteiger partial charge in [0.1, 0.15) is 35.8 Å². The number of ether oxygens (including phenoxy) is 2. The molecule has 4 aromatic heterocycles. The van der Waals surface area contributed by atoms with Crippen molar-refractivity contribution in [2.75, 3.05) is 19.6 Å². The summed E-state index contributed by atoms with van der Waals surface area (Å²) in [6.45, 7) is 18.1. The number of hydrogen-bond donors (Lipinski definition) is 0. The molecule has 7 aromatic carbocycles. The van der Waals surface area contributed by atoms with E-state index in [9.17, 15) is 0 Å². The summed E-state index contributed by atoms with van der Waals surface area (Å²) in [5, 5.41) is 0. The maximum atomic E-state index is 7.42. The van der Waals surface area contributed by atoms with Gasteiger partial charge >= 0.3 is 0 Å². The van der Waals surface area contributed by atoms with Crippen LogP contribution in [0.2, 0.25) is 0 Å². The summed E-state index contributed by atoms with van der Waals surface area (Å²) in [7, 11) is 0. The van der Waals surface area contributed by atoms with E-state index >= 15 is 0 Å². The van der Waals surface area contributed by atoms with Crippen LogP contribution < -0.4 is 62.1 Å². The molecule has 0 bridgehead atoms. The zero-order valence-electron chi connectivity index (χ0n) is 50.5. The predicted molar refractivity (Wildman–Crippen MR) is 356 cm³/mol. The Hall–Kier alpha value is -10.1. The van der Waals surface area contributed by atoms with Crippen LogP contribution in [0.15, 0.2) is 207 Å². The molecule has 2 aliphatic carbocycles. The number of anilines is 12. The van der Waals surface area contributed by atoms with E-state index in [0.29, 0.717) is 34.9 Å². The van der Waals surface area contributed by atoms with Crippen molar-refractivity contribution < 1.29 is 9.47 Å². The third-order valence-electron chi connectivity index (χ3n) is 19.4. The van der Waals surface area contributed by atoms with Gasteiger partial charge in [0.05, 0.1) is 35.1 Å². The van der Waals surface area contributed by atoms with Gasteiger partial charge in [0.15, 0.2) is 0 Å². The van der Waals surface area contributed by atoms with Crippen molar-refractivity contribution >= 4 is 115 Å². The molecular formula is C74H62B2N10O2. The number of fused-ring (bicyclic) bond motifs is 10. The van der Waals surface area contributed by atoms with Gasteiger partial charge in [-0.25, -0.2) is 19.9 Å². The Kier molecular flexibility index (Phi) is 11.1. The van der Waals surface area contributed by atoms with Gasteiger partial charge in [-0.05, 0) is 140 Å². The number of aromatic nitrogens is 6. The van der Waals surface area contributed by atoms with Crippen LogP contribution in [0.5, 0.6) is 23.3 Å². The van der Waals surface area contributed by atoms with Crippen molar-refractivity contribution in [2.45, 2.75) is 89.9 Å². The smallest absolute Gasteiger partial charge is 0.281 e. The first-order valence-electron chi connectivity index (χ1n) is 30.5. The van der Waals surface area contributed by atoms with E-state index < -0.39 is 13.4 Å². The fraction of sp³-hybridized carbons (Fsp3) is 0.189. The molecule has 14 heteroatoms. The van der Waals surface area contributed by atoms with Crippen LogP contribution >= 0.6 is 0 Å². The monoisotopic (exact) mass is 1140 g/mol. The highest BCUT2D eigenvalue weighted by Crippen LogP contribution is 2.54. The molecule has 0 saturated heterocycles. The van der Waals surface area contributed by atoms with Crippen molar-refractivity contribution in [2.24, 2.45) is 0 Å². The summed E-state index contributed by atoms with van der Waals surface area (Å²) in [6.07, 6.45) is 9.37. The van der Waals surface area contributed by atoms with Gasteiger partial charge < -0.3 is 19.3 Å². The lowest BCUT2D eigenvalue weighted by molar-refractivity contribution is 0.402. The van der Waals surface area contributed by atoms with E-state index in [0.717, 1.165) is 103 Å². The van der Waals surface area contributed by atoms with E-state index in [-0.39, 0.29) is 21.7 Å². The van der Waals surface area contributed by atoms with E-state index in [2.05, 4.69) is 227 Å². The molecule has 4 aliphatic heterocycles. The molecule has 88 heavy (non-hydrogen) atoms. The van der Waals surface area contributed by atoms with Gasteiger partial charge in [-0.15, -0.1) is 0 Å². The fourth-order valence-electron chi connectivity index (χ4n) is 16.3. The summed E-state index contributed by atoms with van der Waals surface area (Å²) in [5.41, 5.74) is 20.2. The molecule has 0 saturated carbocycles. The Balaban J connectivity index is 0.899. The Labute approximate surface area is 513 Å². The molecule has 0 fully saturated rings. The Morgan fingerprint density at radius 1 is 0.398 bits per heavy atom. The molecule has 426 valence electrons. The minimum Gasteiger partial charge on any atom is -0.440 e. The summed E-state index contributed by atoms with van der Waals surface area (Å²) >= 11 is 0. The molecule has 8 heterocycles. The molecule has 17 rings (SSSR count). The topological polar surface area (TPSA) is 109 Å². The quantitative estimate of drug-likeness (QED) is 0.135. The summed E-state index contributed by atoms with van der Waals surface area (Å²) in [5.74, 6) is 3.55. The molecule has 0 unspecified atom stereocenters. The molecule has 0 atom stereocenters. The molecule has 11 aromatic rings. The zero-order chi connectivity index (χ0) is 59.6. The molecular weight excluding hydrogens is 1080 g/mol. The van der Waals surface area contributed by atoms with Crippen LogP contribution in [-0.4, -0.2) is 43.3 Å². The minimum absolute atomic E-state index is 0.0182. The number of rotatable bonds is 8. The average Bonchev–Trinajstić information content (AvgIpc) is 0.925. The van der Waals surface area contributed by atoms with Crippen molar-refractivity contribution in [1.82, 2.24) is 29.9 Å². The van der Waals surface area contributed by atoms with Crippen molar-refractivity contribution in [1.29, 1.82) is 0 Å². The molecule has 0 amide bonds. The van der Waals surface area contributed by atoms with Crippen LogP contribution in [0.3, 0.4) is 0 Å². The van der Waals surface area contributed by atoms with Gasteiger partial charge in [0.2, 0.25) is 11.8 Å². The van der Waals surface area contributed by atoms with Crippen LogP contribution in [0, 0.1) is 0 Å². The summed E-state index contributed by atoms with van der Waals surface area (Å²) < 4.78 is 14.8. The highest BCUT2D eigenvalue weighted by atomic mass is 16.5. The second kappa shape index (κ2) is 18.7. The van der Waals surface area contributed by atoms with Crippen LogP contribution in [-0.2, 0) is 21.7 Å².